The number of benzene rings is 2. The lowest BCUT2D eigenvalue weighted by Gasteiger charge is -2.05. The first-order valence-corrected chi connectivity index (χ1v) is 6.13. The minimum absolute atomic E-state index is 0.904. The Kier molecular flexibility index (Phi) is 4.77. The van der Waals surface area contributed by atoms with E-state index in [4.69, 9.17) is 0 Å². The molecule has 2 aromatic rings. The number of nitrogens with zero attached hydrogens (tertiary/aromatic N) is 4. The summed E-state index contributed by atoms with van der Waals surface area (Å²) in [5.41, 5.74) is 9.73. The summed E-state index contributed by atoms with van der Waals surface area (Å²) in [6.07, 6.45) is 0. The summed E-state index contributed by atoms with van der Waals surface area (Å²) in [5, 5.41) is 14.7. The Hall–Kier alpha value is -2.76. The second-order valence-electron chi connectivity index (χ2n) is 3.98. The van der Waals surface area contributed by atoms with Gasteiger partial charge in [-0.25, -0.2) is 0 Å². The van der Waals surface area contributed by atoms with Crippen molar-refractivity contribution in [3.63, 3.8) is 0 Å². The molecule has 0 aromatic heterocycles. The van der Waals surface area contributed by atoms with Gasteiger partial charge < -0.3 is 0 Å². The Morgan fingerprint density at radius 1 is 0.600 bits per heavy atom. The predicted octanol–water partition coefficient (Wildman–Crippen LogP) is 4.17. The molecule has 0 spiro atoms. The van der Waals surface area contributed by atoms with Gasteiger partial charge in [-0.3, -0.25) is 10.9 Å². The van der Waals surface area contributed by atoms with Crippen molar-refractivity contribution in [3.05, 3.63) is 48.5 Å². The van der Waals surface area contributed by atoms with Crippen LogP contribution in [0, 0.1) is 0 Å². The normalized spacial score (nSPS) is 11.1. The van der Waals surface area contributed by atoms with Crippen LogP contribution in [0.1, 0.15) is 0 Å². The van der Waals surface area contributed by atoms with Crippen molar-refractivity contribution in [2.24, 2.45) is 20.7 Å². The Morgan fingerprint density at radius 3 is 1.25 bits per heavy atom. The monoisotopic (exact) mass is 268 g/mol. The molecule has 20 heavy (non-hydrogen) atoms. The molecule has 102 valence electrons. The van der Waals surface area contributed by atoms with E-state index in [0.29, 0.717) is 0 Å². The van der Waals surface area contributed by atoms with Crippen LogP contribution >= 0.6 is 0 Å². The Bertz CT molecular complexity index is 531. The molecule has 0 saturated carbocycles. The highest BCUT2D eigenvalue weighted by molar-refractivity contribution is 5.67. The van der Waals surface area contributed by atoms with Crippen molar-refractivity contribution in [1.82, 2.24) is 0 Å². The van der Waals surface area contributed by atoms with Crippen LogP contribution in [0.5, 0.6) is 0 Å². The van der Waals surface area contributed by atoms with Gasteiger partial charge in [0.05, 0.1) is 25.5 Å². The number of rotatable bonds is 5. The van der Waals surface area contributed by atoms with E-state index in [1.165, 1.54) is 0 Å². The summed E-state index contributed by atoms with van der Waals surface area (Å²) in [6, 6.07) is 16.0. The molecule has 0 aliphatic heterocycles. The van der Waals surface area contributed by atoms with E-state index in [1.54, 1.807) is 14.1 Å². The molecule has 0 atom stereocenters. The molecular weight excluding hydrogens is 252 g/mol. The summed E-state index contributed by atoms with van der Waals surface area (Å²) in [6.45, 7) is 0. The summed E-state index contributed by atoms with van der Waals surface area (Å²) in [5.74, 6) is 0. The highest BCUT2D eigenvalue weighted by atomic mass is 15.4. The molecular formula is C14H16N6. The van der Waals surface area contributed by atoms with Crippen molar-refractivity contribution in [2.75, 3.05) is 24.9 Å². The van der Waals surface area contributed by atoms with Crippen molar-refractivity contribution < 1.29 is 0 Å². The van der Waals surface area contributed by atoms with Gasteiger partial charge in [-0.2, -0.15) is 10.2 Å². The summed E-state index contributed by atoms with van der Waals surface area (Å²) >= 11 is 0. The van der Waals surface area contributed by atoms with Crippen molar-refractivity contribution in [2.45, 2.75) is 0 Å². The van der Waals surface area contributed by atoms with E-state index in [-0.39, 0.29) is 0 Å². The van der Waals surface area contributed by atoms with Crippen molar-refractivity contribution in [3.8, 4) is 11.1 Å². The van der Waals surface area contributed by atoms with Crippen LogP contribution in [0.15, 0.2) is 69.2 Å². The van der Waals surface area contributed by atoms with Crippen molar-refractivity contribution in [1.29, 1.82) is 0 Å². The van der Waals surface area contributed by atoms with Gasteiger partial charge in [0.25, 0.3) is 0 Å². The van der Waals surface area contributed by atoms with Gasteiger partial charge >= 0.3 is 0 Å². The first-order valence-electron chi connectivity index (χ1n) is 6.13. The van der Waals surface area contributed by atoms with Gasteiger partial charge in [0.15, 0.2) is 0 Å². The highest BCUT2D eigenvalue weighted by Gasteiger charge is 1.98. The fourth-order valence-electron chi connectivity index (χ4n) is 1.69. The molecule has 0 saturated heterocycles. The molecule has 0 fully saturated rings. The second kappa shape index (κ2) is 6.98. The lowest BCUT2D eigenvalue weighted by atomic mass is 10.1. The van der Waals surface area contributed by atoms with E-state index < -0.39 is 0 Å². The van der Waals surface area contributed by atoms with Crippen LogP contribution in [0.4, 0.5) is 11.4 Å². The van der Waals surface area contributed by atoms with Gasteiger partial charge in [-0.05, 0) is 35.4 Å². The average Bonchev–Trinajstić information content (AvgIpc) is 2.52. The molecule has 0 unspecified atom stereocenters. The molecule has 0 heterocycles. The predicted molar refractivity (Wildman–Crippen MR) is 80.7 cm³/mol. The Balaban J connectivity index is 2.11. The SMILES string of the molecule is CN=NNc1ccc(-c2ccc(NN=NC)cc2)cc1. The van der Waals surface area contributed by atoms with E-state index in [0.717, 1.165) is 22.5 Å². The van der Waals surface area contributed by atoms with Gasteiger partial charge in [-0.15, -0.1) is 0 Å². The highest BCUT2D eigenvalue weighted by Crippen LogP contribution is 2.23. The lowest BCUT2D eigenvalue weighted by molar-refractivity contribution is 1.08. The lowest BCUT2D eigenvalue weighted by Crippen LogP contribution is -1.88. The van der Waals surface area contributed by atoms with E-state index in [2.05, 4.69) is 31.5 Å². The minimum atomic E-state index is 0.904. The first kappa shape index (κ1) is 13.7. The van der Waals surface area contributed by atoms with Gasteiger partial charge in [0, 0.05) is 0 Å². The molecule has 0 radical (unpaired) electrons. The summed E-state index contributed by atoms with van der Waals surface area (Å²) in [7, 11) is 3.24. The zero-order valence-corrected chi connectivity index (χ0v) is 11.4. The maximum absolute atomic E-state index is 3.73. The Labute approximate surface area is 117 Å². The van der Waals surface area contributed by atoms with Crippen LogP contribution < -0.4 is 10.9 Å². The standard InChI is InChI=1S/C14H16N6/c1-15-19-17-13-7-3-11(4-8-13)12-5-9-14(10-6-12)18-20-16-2/h3-10H,1-2H3,(H,15,17)(H,16,18). The van der Waals surface area contributed by atoms with E-state index in [1.807, 2.05) is 48.5 Å². The van der Waals surface area contributed by atoms with Crippen LogP contribution in [-0.4, -0.2) is 14.1 Å². The Morgan fingerprint density at radius 2 is 0.950 bits per heavy atom. The van der Waals surface area contributed by atoms with Gasteiger partial charge in [-0.1, -0.05) is 34.7 Å². The number of nitrogens with one attached hydrogen (secondary N) is 2. The third-order valence-corrected chi connectivity index (χ3v) is 2.66. The van der Waals surface area contributed by atoms with Crippen LogP contribution in [0.25, 0.3) is 11.1 Å². The van der Waals surface area contributed by atoms with E-state index >= 15 is 0 Å². The van der Waals surface area contributed by atoms with E-state index in [9.17, 15) is 0 Å². The maximum Gasteiger partial charge on any atom is 0.0579 e. The van der Waals surface area contributed by atoms with Crippen LogP contribution in [0.3, 0.4) is 0 Å². The third kappa shape index (κ3) is 3.61. The zero-order chi connectivity index (χ0) is 14.2. The molecule has 2 aromatic carbocycles. The molecule has 0 amide bonds. The first-order chi connectivity index (χ1) is 9.83. The molecule has 6 heteroatoms. The fraction of sp³-hybridized carbons (Fsp3) is 0.143. The fourth-order valence-corrected chi connectivity index (χ4v) is 1.69. The summed E-state index contributed by atoms with van der Waals surface area (Å²) in [4.78, 5) is 0. The molecule has 6 nitrogen and oxygen atoms in total. The smallest absolute Gasteiger partial charge is 0.0579 e. The van der Waals surface area contributed by atoms with Gasteiger partial charge in [0.1, 0.15) is 0 Å². The molecule has 0 bridgehead atoms. The largest absolute Gasteiger partial charge is 0.260 e. The maximum atomic E-state index is 3.73. The van der Waals surface area contributed by atoms with Crippen LogP contribution in [-0.2, 0) is 0 Å². The number of anilines is 2. The number of hydrogen-bond acceptors (Lipinski definition) is 4. The molecule has 2 N–H and O–H groups in total. The quantitative estimate of drug-likeness (QED) is 0.630. The van der Waals surface area contributed by atoms with Crippen molar-refractivity contribution >= 4 is 11.4 Å². The summed E-state index contributed by atoms with van der Waals surface area (Å²) < 4.78 is 0. The third-order valence-electron chi connectivity index (χ3n) is 2.66. The second-order valence-corrected chi connectivity index (χ2v) is 3.98. The number of hydrogen-bond donors (Lipinski definition) is 2. The molecule has 0 aliphatic rings. The molecule has 0 aliphatic carbocycles. The molecule has 2 rings (SSSR count). The minimum Gasteiger partial charge on any atom is -0.260 e. The topological polar surface area (TPSA) is 73.5 Å². The van der Waals surface area contributed by atoms with Crippen LogP contribution in [0.2, 0.25) is 0 Å². The zero-order valence-electron chi connectivity index (χ0n) is 11.4. The van der Waals surface area contributed by atoms with Gasteiger partial charge in [0.2, 0.25) is 0 Å². The average molecular weight is 268 g/mol.